The Hall–Kier alpha value is -3.38. The van der Waals surface area contributed by atoms with Gasteiger partial charge in [-0.25, -0.2) is 9.79 Å². The molecule has 0 aromatic heterocycles. The zero-order valence-electron chi connectivity index (χ0n) is 15.1. The number of carboxylic acid groups (broad SMARTS) is 1. The Kier molecular flexibility index (Phi) is 5.91. The maximum Gasteiger partial charge on any atom is 0.353 e. The van der Waals surface area contributed by atoms with Crippen LogP contribution >= 0.6 is 11.6 Å². The number of benzene rings is 2. The molecule has 142 valence electrons. The number of allylic oxidation sites excluding steroid dienone is 1. The number of rotatable bonds is 6. The highest BCUT2D eigenvalue weighted by atomic mass is 35.5. The number of hydrogen-bond acceptors (Lipinski definition) is 5. The van der Waals surface area contributed by atoms with Crippen molar-refractivity contribution in [2.45, 2.75) is 6.92 Å². The number of carbonyl (C=O) groups is 1. The molecule has 3 rings (SSSR count). The van der Waals surface area contributed by atoms with Gasteiger partial charge in [0.2, 0.25) is 0 Å². The van der Waals surface area contributed by atoms with E-state index in [1.807, 2.05) is 49.4 Å². The molecule has 0 radical (unpaired) electrons. The fourth-order valence-corrected chi connectivity index (χ4v) is 2.87. The molecule has 1 aliphatic rings. The van der Waals surface area contributed by atoms with Gasteiger partial charge in [0.05, 0.1) is 12.3 Å². The number of ether oxygens (including phenoxy) is 1. The fraction of sp³-hybridized carbons (Fsp3) is 0.0952. The quantitative estimate of drug-likeness (QED) is 0.641. The van der Waals surface area contributed by atoms with E-state index in [0.717, 1.165) is 11.1 Å². The molecule has 0 atom stereocenters. The molecule has 6 nitrogen and oxygen atoms in total. The van der Waals surface area contributed by atoms with Crippen molar-refractivity contribution < 1.29 is 14.6 Å². The van der Waals surface area contributed by atoms with Crippen LogP contribution in [0.2, 0.25) is 5.02 Å². The highest BCUT2D eigenvalue weighted by Gasteiger charge is 2.18. The number of para-hydroxylation sites is 1. The largest absolute Gasteiger partial charge is 0.493 e. The lowest BCUT2D eigenvalue weighted by Gasteiger charge is -2.20. The van der Waals surface area contributed by atoms with Gasteiger partial charge in [0.1, 0.15) is 17.3 Å². The topological polar surface area (TPSA) is 94.8 Å². The monoisotopic (exact) mass is 395 g/mol. The molecule has 0 unspecified atom stereocenters. The van der Waals surface area contributed by atoms with Gasteiger partial charge < -0.3 is 15.2 Å². The Morgan fingerprint density at radius 3 is 2.79 bits per heavy atom. The van der Waals surface area contributed by atoms with E-state index < -0.39 is 11.7 Å². The second-order valence-electron chi connectivity index (χ2n) is 5.87. The first-order valence-corrected chi connectivity index (χ1v) is 8.95. The number of hydrogen-bond donors (Lipinski definition) is 3. The normalized spacial score (nSPS) is 14.7. The average molecular weight is 396 g/mol. The predicted octanol–water partition coefficient (Wildman–Crippen LogP) is 4.12. The first-order chi connectivity index (χ1) is 13.5. The minimum Gasteiger partial charge on any atom is -0.493 e. The van der Waals surface area contributed by atoms with Gasteiger partial charge in [-0.05, 0) is 42.8 Å². The van der Waals surface area contributed by atoms with Crippen LogP contribution in [0.3, 0.4) is 0 Å². The van der Waals surface area contributed by atoms with E-state index in [2.05, 4.69) is 10.3 Å². The Balaban J connectivity index is 2.12. The Morgan fingerprint density at radius 1 is 1.29 bits per heavy atom. The van der Waals surface area contributed by atoms with E-state index in [4.69, 9.17) is 26.9 Å². The summed E-state index contributed by atoms with van der Waals surface area (Å²) in [5, 5.41) is 20.3. The van der Waals surface area contributed by atoms with Gasteiger partial charge in [0.25, 0.3) is 0 Å². The molecule has 0 spiro atoms. The summed E-state index contributed by atoms with van der Waals surface area (Å²) >= 11 is 6.11. The smallest absolute Gasteiger partial charge is 0.353 e. The van der Waals surface area contributed by atoms with Gasteiger partial charge in [-0.1, -0.05) is 35.9 Å². The minimum absolute atomic E-state index is 0.242. The summed E-state index contributed by atoms with van der Waals surface area (Å²) in [5.41, 5.74) is 2.26. The van der Waals surface area contributed by atoms with Gasteiger partial charge in [-0.2, -0.15) is 0 Å². The van der Waals surface area contributed by atoms with Crippen LogP contribution < -0.4 is 10.1 Å². The van der Waals surface area contributed by atoms with E-state index in [9.17, 15) is 4.79 Å². The zero-order chi connectivity index (χ0) is 20.1. The van der Waals surface area contributed by atoms with Crippen LogP contribution in [0.5, 0.6) is 5.75 Å². The molecule has 0 bridgehead atoms. The van der Waals surface area contributed by atoms with E-state index in [1.165, 1.54) is 6.08 Å². The van der Waals surface area contributed by atoms with Gasteiger partial charge in [0.15, 0.2) is 0 Å². The lowest BCUT2D eigenvalue weighted by molar-refractivity contribution is -0.129. The molecule has 2 aromatic rings. The van der Waals surface area contributed by atoms with E-state index >= 15 is 0 Å². The van der Waals surface area contributed by atoms with Crippen molar-refractivity contribution in [3.63, 3.8) is 0 Å². The second kappa shape index (κ2) is 8.54. The fourth-order valence-electron chi connectivity index (χ4n) is 2.68. The molecular formula is C21H18ClN3O3. The number of nitrogens with zero attached hydrogens (tertiary/aromatic N) is 1. The Labute approximate surface area is 167 Å². The lowest BCUT2D eigenvalue weighted by atomic mass is 10.0. The van der Waals surface area contributed by atoms with Crippen molar-refractivity contribution in [3.05, 3.63) is 82.7 Å². The molecule has 28 heavy (non-hydrogen) atoms. The van der Waals surface area contributed by atoms with Crippen LogP contribution in [0.1, 0.15) is 18.1 Å². The number of halogens is 1. The molecule has 0 fully saturated rings. The van der Waals surface area contributed by atoms with Crippen LogP contribution in [0.15, 0.2) is 71.5 Å². The Morgan fingerprint density at radius 2 is 2.07 bits per heavy atom. The third-order valence-corrected chi connectivity index (χ3v) is 4.13. The second-order valence-corrected chi connectivity index (χ2v) is 6.30. The first-order valence-electron chi connectivity index (χ1n) is 8.57. The molecular weight excluding hydrogens is 378 g/mol. The summed E-state index contributed by atoms with van der Waals surface area (Å²) in [6, 6.07) is 14.7. The average Bonchev–Trinajstić information content (AvgIpc) is 2.68. The molecule has 2 aromatic carbocycles. The third-order valence-electron chi connectivity index (χ3n) is 3.89. The Bertz CT molecular complexity index is 1030. The molecule has 0 amide bonds. The summed E-state index contributed by atoms with van der Waals surface area (Å²) in [4.78, 5) is 15.6. The molecule has 1 aliphatic heterocycles. The summed E-state index contributed by atoms with van der Waals surface area (Å²) in [6.45, 7) is 2.40. The minimum atomic E-state index is -1.33. The van der Waals surface area contributed by atoms with E-state index in [0.29, 0.717) is 28.8 Å². The first kappa shape index (κ1) is 19.4. The van der Waals surface area contributed by atoms with Crippen LogP contribution in [0.25, 0.3) is 5.70 Å². The van der Waals surface area contributed by atoms with Crippen LogP contribution in [0.4, 0.5) is 0 Å². The van der Waals surface area contributed by atoms with Crippen molar-refractivity contribution in [2.24, 2.45) is 4.99 Å². The van der Waals surface area contributed by atoms with Gasteiger partial charge in [0, 0.05) is 22.4 Å². The van der Waals surface area contributed by atoms with Crippen molar-refractivity contribution in [2.75, 3.05) is 6.61 Å². The maximum absolute atomic E-state index is 11.1. The summed E-state index contributed by atoms with van der Waals surface area (Å²) < 4.78 is 5.70. The predicted molar refractivity (Wildman–Crippen MR) is 110 cm³/mol. The van der Waals surface area contributed by atoms with Crippen LogP contribution in [-0.4, -0.2) is 29.1 Å². The molecule has 0 saturated carbocycles. The van der Waals surface area contributed by atoms with Crippen molar-refractivity contribution >= 4 is 34.7 Å². The van der Waals surface area contributed by atoms with Crippen molar-refractivity contribution in [1.82, 2.24) is 5.32 Å². The summed E-state index contributed by atoms with van der Waals surface area (Å²) in [7, 11) is 0. The van der Waals surface area contributed by atoms with Gasteiger partial charge >= 0.3 is 5.97 Å². The van der Waals surface area contributed by atoms with E-state index in [1.54, 1.807) is 12.1 Å². The van der Waals surface area contributed by atoms with Crippen LogP contribution in [0, 0.1) is 5.41 Å². The summed E-state index contributed by atoms with van der Waals surface area (Å²) in [6.07, 6.45) is 3.01. The van der Waals surface area contributed by atoms with Crippen LogP contribution in [-0.2, 0) is 4.79 Å². The number of aliphatic imine (C=N–C) groups is 1. The molecule has 0 aliphatic carbocycles. The zero-order valence-corrected chi connectivity index (χ0v) is 15.8. The SMILES string of the molecule is CCOc1ccccc1C1=N/C(=C/C(=N)C(=O)O)NC(c2cccc(Cl)c2)=C1. The van der Waals surface area contributed by atoms with Crippen molar-refractivity contribution in [3.8, 4) is 5.75 Å². The van der Waals surface area contributed by atoms with Crippen molar-refractivity contribution in [1.29, 1.82) is 5.41 Å². The van der Waals surface area contributed by atoms with Gasteiger partial charge in [-0.3, -0.25) is 5.41 Å². The number of nitrogens with one attached hydrogen (secondary N) is 2. The van der Waals surface area contributed by atoms with Gasteiger partial charge in [-0.15, -0.1) is 0 Å². The lowest BCUT2D eigenvalue weighted by Crippen LogP contribution is -2.21. The number of carboxylic acids is 1. The third kappa shape index (κ3) is 4.47. The molecule has 3 N–H and O–H groups in total. The summed E-state index contributed by atoms with van der Waals surface area (Å²) in [5.74, 6) is -0.425. The molecule has 0 saturated heterocycles. The van der Waals surface area contributed by atoms with E-state index in [-0.39, 0.29) is 5.82 Å². The standard InChI is InChI=1S/C21H18ClN3O3/c1-2-28-19-9-4-3-8-15(19)18-12-17(13-6-5-7-14(22)10-13)24-20(25-18)11-16(23)21(26)27/h3-12,23-24H,2H2,1H3,(H,26,27)/b20-11+,23-16?. The molecule has 7 heteroatoms. The maximum atomic E-state index is 11.1. The molecule has 1 heterocycles. The highest BCUT2D eigenvalue weighted by Crippen LogP contribution is 2.26. The highest BCUT2D eigenvalue weighted by molar-refractivity contribution is 6.39. The number of aliphatic carboxylic acids is 1.